The minimum Gasteiger partial charge on any atom is -0.870 e. The monoisotopic (exact) mass is 247 g/mol. The first-order chi connectivity index (χ1) is 1.00. The Morgan fingerprint density at radius 3 is 0.500 bits per heavy atom. The molecule has 0 spiro atoms. The number of hydrogen-bond acceptors (Lipinski definition) is 2. The maximum Gasteiger partial charge on any atom is 1.00 e. The van der Waals surface area contributed by atoms with Crippen LogP contribution in [0.4, 0.5) is 0 Å². The van der Waals surface area contributed by atoms with Gasteiger partial charge in [0.05, 0.1) is 0 Å². The van der Waals surface area contributed by atoms with Crippen molar-refractivity contribution in [3.05, 3.63) is 37.1 Å². The maximum absolute atomic E-state index is 8.25. The molecule has 0 bridgehead atoms. The zero-order valence-electron chi connectivity index (χ0n) is 10.9. The Morgan fingerprint density at radius 2 is 0.500 bits per heavy atom. The topological polar surface area (TPSA) is 53.1 Å². The van der Waals surface area contributed by atoms with Crippen LogP contribution in [0.2, 0.25) is 0 Å². The van der Waals surface area contributed by atoms with Gasteiger partial charge in [0.15, 0.2) is 0 Å². The fraction of sp³-hybridized carbons (Fsp3) is 0.375. The number of rotatable bonds is 0. The summed E-state index contributed by atoms with van der Waals surface area (Å²) in [4.78, 5) is 0. The molecule has 0 aromatic rings. The molecular weight excluding hydrogens is 220 g/mol. The first-order valence-electron chi connectivity index (χ1n) is 0.408. The van der Waals surface area contributed by atoms with Crippen LogP contribution in [0.15, 0.2) is 0 Å². The minimum atomic E-state index is 0. The fourth-order valence-electron chi connectivity index (χ4n) is 0. The second kappa shape index (κ2) is 279. The van der Waals surface area contributed by atoms with Gasteiger partial charge in [-0.15, -0.1) is 0 Å². The van der Waals surface area contributed by atoms with Gasteiger partial charge in [0.25, 0.3) is 0 Å². The van der Waals surface area contributed by atoms with E-state index >= 15 is 0 Å². The summed E-state index contributed by atoms with van der Waals surface area (Å²) in [7, 11) is 0.750. The van der Waals surface area contributed by atoms with E-state index in [0.717, 1.165) is 7.11 Å². The molecule has 0 rings (SSSR count). The molecule has 0 saturated carbocycles. The van der Waals surface area contributed by atoms with E-state index < -0.39 is 0 Å². The molecule has 6 heteroatoms. The standard InChI is InChI=1S/CH3O.2CH4.5CH3.4Na.H2O/c1-2;;;;;;;;;;;;/h1H3;2*1H4;5*1H3;;;;;1H2/q-1;;;5*-1;4*+1;/p-1. The molecule has 2 nitrogen and oxygen atoms in total. The van der Waals surface area contributed by atoms with E-state index in [0.29, 0.717) is 0 Å². The predicted molar refractivity (Wildman–Crippen MR) is 53.4 cm³/mol. The van der Waals surface area contributed by atoms with Crippen molar-refractivity contribution >= 4 is 0 Å². The SMILES string of the molecule is C.C.C[O-].[CH3-].[CH3-].[CH3-].[CH3-].[CH3-].[Na+].[Na+].[Na+].[Na+].[OH-]. The van der Waals surface area contributed by atoms with Crippen LogP contribution in [-0.2, 0) is 0 Å². The summed E-state index contributed by atoms with van der Waals surface area (Å²) in [5.74, 6) is 0. The summed E-state index contributed by atoms with van der Waals surface area (Å²) in [5.41, 5.74) is 0. The van der Waals surface area contributed by atoms with Crippen molar-refractivity contribution in [2.75, 3.05) is 7.11 Å². The van der Waals surface area contributed by atoms with Crippen LogP contribution in [-0.4, -0.2) is 12.6 Å². The third kappa shape index (κ3) is 231. The van der Waals surface area contributed by atoms with Crippen molar-refractivity contribution in [3.63, 3.8) is 0 Å². The molecule has 78 valence electrons. The fourth-order valence-corrected chi connectivity index (χ4v) is 0. The van der Waals surface area contributed by atoms with Crippen LogP contribution < -0.4 is 123 Å². The zero-order chi connectivity index (χ0) is 2.00. The first kappa shape index (κ1) is 212. The van der Waals surface area contributed by atoms with Crippen molar-refractivity contribution in [3.8, 4) is 0 Å². The van der Waals surface area contributed by atoms with Gasteiger partial charge in [-0.1, -0.05) is 14.9 Å². The summed E-state index contributed by atoms with van der Waals surface area (Å²) in [6, 6.07) is 0. The van der Waals surface area contributed by atoms with E-state index in [1.165, 1.54) is 0 Å². The van der Waals surface area contributed by atoms with Crippen LogP contribution >= 0.6 is 0 Å². The van der Waals surface area contributed by atoms with Gasteiger partial charge in [-0.25, -0.2) is 0 Å². The Hall–Kier alpha value is 3.92. The molecule has 14 heavy (non-hydrogen) atoms. The van der Waals surface area contributed by atoms with Gasteiger partial charge in [-0.2, -0.15) is 7.11 Å². The van der Waals surface area contributed by atoms with E-state index in [1.54, 1.807) is 0 Å². The quantitative estimate of drug-likeness (QED) is 0.315. The van der Waals surface area contributed by atoms with E-state index in [2.05, 4.69) is 0 Å². The molecule has 0 aliphatic rings. The molecule has 0 saturated heterocycles. The largest absolute Gasteiger partial charge is 1.00 e. The average molecular weight is 247 g/mol. The van der Waals surface area contributed by atoms with E-state index in [9.17, 15) is 0 Å². The summed E-state index contributed by atoms with van der Waals surface area (Å²) in [5, 5.41) is 8.25. The number of hydrogen-bond donors (Lipinski definition) is 0. The van der Waals surface area contributed by atoms with Gasteiger partial charge in [0.1, 0.15) is 0 Å². The summed E-state index contributed by atoms with van der Waals surface area (Å²) < 4.78 is 0. The maximum atomic E-state index is 8.25. The van der Waals surface area contributed by atoms with Gasteiger partial charge in [-0.3, -0.25) is 0 Å². The molecule has 0 atom stereocenters. The second-order valence-corrected chi connectivity index (χ2v) is 0. The third-order valence-electron chi connectivity index (χ3n) is 0. The Labute approximate surface area is 184 Å². The summed E-state index contributed by atoms with van der Waals surface area (Å²) in [6.45, 7) is 0. The van der Waals surface area contributed by atoms with Crippen LogP contribution in [0.5, 0.6) is 0 Å². The molecule has 0 aromatic heterocycles. The Morgan fingerprint density at radius 1 is 0.500 bits per heavy atom. The smallest absolute Gasteiger partial charge is 0.870 e. The molecule has 0 unspecified atom stereocenters. The minimum absolute atomic E-state index is 0. The van der Waals surface area contributed by atoms with Crippen LogP contribution in [0.3, 0.4) is 0 Å². The van der Waals surface area contributed by atoms with Gasteiger partial charge in [-0.05, 0) is 0 Å². The summed E-state index contributed by atoms with van der Waals surface area (Å²) >= 11 is 0. The third-order valence-corrected chi connectivity index (χ3v) is 0. The molecule has 0 aliphatic heterocycles. The molecule has 0 aliphatic carbocycles. The van der Waals surface area contributed by atoms with E-state index in [1.807, 2.05) is 0 Å². The average Bonchev–Trinajstić information content (AvgIpc) is 1.00. The van der Waals surface area contributed by atoms with Gasteiger partial charge < -0.3 is 47.7 Å². The van der Waals surface area contributed by atoms with Crippen molar-refractivity contribution in [2.45, 2.75) is 14.9 Å². The van der Waals surface area contributed by atoms with Crippen LogP contribution in [0.1, 0.15) is 14.9 Å². The molecule has 1 N–H and O–H groups in total. The second-order valence-electron chi connectivity index (χ2n) is 0. The normalized spacial score (nSPS) is 0.429. The first-order valence-corrected chi connectivity index (χ1v) is 0.408. The Kier molecular flexibility index (Phi) is 4220. The van der Waals surface area contributed by atoms with Crippen LogP contribution in [0.25, 0.3) is 0 Å². The van der Waals surface area contributed by atoms with Crippen molar-refractivity contribution < 1.29 is 129 Å². The van der Waals surface area contributed by atoms with Gasteiger partial charge >= 0.3 is 118 Å². The van der Waals surface area contributed by atoms with Gasteiger partial charge in [0, 0.05) is 0 Å². The molecule has 0 aromatic carbocycles. The zero-order valence-corrected chi connectivity index (χ0v) is 18.9. The molecule has 0 heterocycles. The Balaban J connectivity index is -0.0000000000758. The Bertz CT molecular complexity index is 19.3. The van der Waals surface area contributed by atoms with Crippen LogP contribution in [0, 0.1) is 37.1 Å². The molecule has 0 amide bonds. The van der Waals surface area contributed by atoms with Crippen molar-refractivity contribution in [1.82, 2.24) is 0 Å². The summed E-state index contributed by atoms with van der Waals surface area (Å²) in [6.07, 6.45) is 0. The van der Waals surface area contributed by atoms with Gasteiger partial charge in [0.2, 0.25) is 0 Å². The predicted octanol–water partition coefficient (Wildman–Crippen LogP) is -9.66. The van der Waals surface area contributed by atoms with E-state index in [4.69, 9.17) is 5.11 Å². The van der Waals surface area contributed by atoms with Crippen molar-refractivity contribution in [2.24, 2.45) is 0 Å². The van der Waals surface area contributed by atoms with Crippen molar-refractivity contribution in [1.29, 1.82) is 0 Å². The molecule has 0 radical (unpaired) electrons. The molecule has 0 fully saturated rings. The van der Waals surface area contributed by atoms with E-state index in [-0.39, 0.29) is 176 Å². The molecular formula is C8H27Na4O2-3.